The number of hydrogen-bond acceptors (Lipinski definition) is 12. The van der Waals surface area contributed by atoms with Gasteiger partial charge in [-0.15, -0.1) is 0 Å². The van der Waals surface area contributed by atoms with E-state index in [1.807, 2.05) is 38.0 Å². The standard InChI is InChI=1S/C44H51FN12O5/c45-36-22-34(51-37-4-6-39(58)52-41(37)60)3-5-38(36)53-16-11-43(62,12-17-53)23-40(59)54-14-8-35(9-15-54)57-29-33(28-50-57)44(10-7-30(25-47-44)32-26-48-49-27-32)56-20-18-55(19-21-56)42(61)31-2-1-13-46-24-31/h1-3,5,7,10,13,22,24-29,35,37,47,51,62H,4,6,8-9,11-12,14-21,23H2,(H,48,49)(H,52,58,60). The maximum absolute atomic E-state index is 15.3. The first-order chi connectivity index (χ1) is 30.1. The van der Waals surface area contributed by atoms with Gasteiger partial charge >= 0.3 is 0 Å². The molecule has 0 saturated carbocycles. The number of anilines is 2. The molecule has 8 heterocycles. The molecule has 3 aromatic heterocycles. The van der Waals surface area contributed by atoms with Crippen LogP contribution >= 0.6 is 0 Å². The van der Waals surface area contributed by atoms with Crippen molar-refractivity contribution in [2.24, 2.45) is 0 Å². The van der Waals surface area contributed by atoms with Crippen molar-refractivity contribution in [1.29, 1.82) is 0 Å². The van der Waals surface area contributed by atoms with Crippen LogP contribution in [0.5, 0.6) is 0 Å². The summed E-state index contributed by atoms with van der Waals surface area (Å²) in [5.74, 6) is -1.32. The summed E-state index contributed by atoms with van der Waals surface area (Å²) in [6, 6.07) is 7.73. The van der Waals surface area contributed by atoms with Gasteiger partial charge in [0.2, 0.25) is 17.7 Å². The number of carbonyl (C=O) groups is 4. The molecule has 4 saturated heterocycles. The summed E-state index contributed by atoms with van der Waals surface area (Å²) in [4.78, 5) is 62.5. The number of nitrogens with one attached hydrogen (secondary N) is 4. The highest BCUT2D eigenvalue weighted by Gasteiger charge is 2.42. The molecule has 62 heavy (non-hydrogen) atoms. The van der Waals surface area contributed by atoms with E-state index < -0.39 is 29.0 Å². The lowest BCUT2D eigenvalue weighted by Crippen LogP contribution is -2.60. The molecule has 1 aromatic carbocycles. The van der Waals surface area contributed by atoms with Crippen LogP contribution in [-0.2, 0) is 20.0 Å². The van der Waals surface area contributed by atoms with Gasteiger partial charge in [0.25, 0.3) is 5.91 Å². The molecule has 0 radical (unpaired) electrons. The van der Waals surface area contributed by atoms with E-state index in [9.17, 15) is 24.3 Å². The molecule has 0 spiro atoms. The maximum atomic E-state index is 15.3. The third-order valence-corrected chi connectivity index (χ3v) is 13.0. The predicted molar refractivity (Wildman–Crippen MR) is 227 cm³/mol. The molecule has 18 heteroatoms. The molecule has 5 aliphatic heterocycles. The first-order valence-electron chi connectivity index (χ1n) is 21.4. The van der Waals surface area contributed by atoms with Crippen LogP contribution < -0.4 is 20.9 Å². The van der Waals surface area contributed by atoms with Gasteiger partial charge in [0.15, 0.2) is 0 Å². The molecule has 4 aromatic rings. The summed E-state index contributed by atoms with van der Waals surface area (Å²) in [6.07, 6.45) is 19.8. The topological polar surface area (TPSA) is 197 Å². The van der Waals surface area contributed by atoms with Gasteiger partial charge in [0, 0.05) is 112 Å². The predicted octanol–water partition coefficient (Wildman–Crippen LogP) is 2.75. The fraction of sp³-hybridized carbons (Fsp3) is 0.432. The third-order valence-electron chi connectivity index (χ3n) is 13.0. The van der Waals surface area contributed by atoms with Crippen molar-refractivity contribution in [2.75, 3.05) is 62.6 Å². The minimum absolute atomic E-state index is 0.00463. The number of aliphatic hydroxyl groups is 1. The number of imide groups is 1. The average Bonchev–Trinajstić information content (AvgIpc) is 4.03. The number of piperazine rings is 1. The molecule has 4 fully saturated rings. The van der Waals surface area contributed by atoms with Gasteiger partial charge in [-0.1, -0.05) is 6.08 Å². The Morgan fingerprint density at radius 2 is 1.76 bits per heavy atom. The van der Waals surface area contributed by atoms with E-state index in [2.05, 4.69) is 54.4 Å². The number of piperidine rings is 3. The van der Waals surface area contributed by atoms with Gasteiger partial charge in [-0.05, 0) is 68.5 Å². The molecule has 0 aliphatic carbocycles. The summed E-state index contributed by atoms with van der Waals surface area (Å²) in [7, 11) is 0. The van der Waals surface area contributed by atoms with Crippen LogP contribution in [0.3, 0.4) is 0 Å². The highest BCUT2D eigenvalue weighted by molar-refractivity contribution is 6.01. The molecule has 2 atom stereocenters. The lowest BCUT2D eigenvalue weighted by molar-refractivity contribution is -0.139. The van der Waals surface area contributed by atoms with Crippen LogP contribution in [-0.4, -0.2) is 132 Å². The van der Waals surface area contributed by atoms with E-state index in [0.717, 1.165) is 16.7 Å². The van der Waals surface area contributed by atoms with Gasteiger partial charge in [0.1, 0.15) is 17.5 Å². The summed E-state index contributed by atoms with van der Waals surface area (Å²) in [5.41, 5.74) is 2.43. The first kappa shape index (κ1) is 41.0. The number of aromatic amines is 1. The molecule has 17 nitrogen and oxygen atoms in total. The Kier molecular flexibility index (Phi) is 11.3. The fourth-order valence-electron chi connectivity index (χ4n) is 9.31. The molecule has 2 unspecified atom stereocenters. The van der Waals surface area contributed by atoms with E-state index >= 15 is 4.39 Å². The van der Waals surface area contributed by atoms with Crippen LogP contribution in [0.1, 0.15) is 72.5 Å². The van der Waals surface area contributed by atoms with Crippen LogP contribution in [0.15, 0.2) is 85.9 Å². The van der Waals surface area contributed by atoms with Crippen molar-refractivity contribution >= 4 is 40.6 Å². The number of amides is 4. The van der Waals surface area contributed by atoms with Gasteiger partial charge in [-0.2, -0.15) is 10.2 Å². The van der Waals surface area contributed by atoms with Crippen molar-refractivity contribution < 1.29 is 28.7 Å². The van der Waals surface area contributed by atoms with Crippen LogP contribution in [0, 0.1) is 5.82 Å². The minimum Gasteiger partial charge on any atom is -0.389 e. The van der Waals surface area contributed by atoms with E-state index in [1.165, 1.54) is 6.07 Å². The number of allylic oxidation sites excluding steroid dienone is 2. The second-order valence-corrected chi connectivity index (χ2v) is 16.9. The summed E-state index contributed by atoms with van der Waals surface area (Å²) >= 11 is 0. The van der Waals surface area contributed by atoms with E-state index in [1.54, 1.807) is 42.9 Å². The Labute approximate surface area is 358 Å². The zero-order valence-electron chi connectivity index (χ0n) is 34.4. The number of pyridine rings is 1. The van der Waals surface area contributed by atoms with Gasteiger partial charge in [0.05, 0.1) is 41.7 Å². The Balaban J connectivity index is 0.793. The van der Waals surface area contributed by atoms with Crippen molar-refractivity contribution in [1.82, 2.24) is 50.3 Å². The molecule has 324 valence electrons. The minimum atomic E-state index is -1.19. The Morgan fingerprint density at radius 3 is 2.44 bits per heavy atom. The zero-order chi connectivity index (χ0) is 42.8. The zero-order valence-corrected chi connectivity index (χ0v) is 34.4. The normalized spacial score (nSPS) is 23.4. The van der Waals surface area contributed by atoms with Crippen LogP contribution in [0.4, 0.5) is 15.8 Å². The second kappa shape index (κ2) is 17.2. The molecule has 4 amide bonds. The van der Waals surface area contributed by atoms with Crippen LogP contribution in [0.2, 0.25) is 0 Å². The quantitative estimate of drug-likeness (QED) is 0.147. The molecule has 9 rings (SSSR count). The molecule has 5 aliphatic rings. The lowest BCUT2D eigenvalue weighted by atomic mass is 9.87. The molecule has 0 bridgehead atoms. The van der Waals surface area contributed by atoms with E-state index in [4.69, 9.17) is 5.10 Å². The average molecular weight is 847 g/mol. The molecular weight excluding hydrogens is 796 g/mol. The fourth-order valence-corrected chi connectivity index (χ4v) is 9.31. The molecular formula is C44H51FN12O5. The number of carbonyl (C=O) groups excluding carboxylic acids is 4. The first-order valence-corrected chi connectivity index (χ1v) is 21.4. The van der Waals surface area contributed by atoms with E-state index in [-0.39, 0.29) is 36.6 Å². The summed E-state index contributed by atoms with van der Waals surface area (Å²) < 4.78 is 17.3. The monoisotopic (exact) mass is 846 g/mol. The Bertz CT molecular complexity index is 2340. The van der Waals surface area contributed by atoms with Gasteiger partial charge in [-0.25, -0.2) is 4.39 Å². The van der Waals surface area contributed by atoms with Crippen molar-refractivity contribution in [3.8, 4) is 0 Å². The number of nitrogens with zero attached hydrogens (tertiary/aromatic N) is 8. The number of benzene rings is 1. The number of likely N-dealkylation sites (tertiary alicyclic amines) is 1. The highest BCUT2D eigenvalue weighted by atomic mass is 19.1. The van der Waals surface area contributed by atoms with Crippen LogP contribution in [0.25, 0.3) is 5.57 Å². The number of halogens is 1. The van der Waals surface area contributed by atoms with Crippen molar-refractivity contribution in [3.05, 3.63) is 108 Å². The van der Waals surface area contributed by atoms with Crippen molar-refractivity contribution in [3.63, 3.8) is 0 Å². The van der Waals surface area contributed by atoms with Crippen molar-refractivity contribution in [2.45, 2.75) is 68.3 Å². The molecule has 5 N–H and O–H groups in total. The number of H-pyrrole nitrogens is 1. The number of rotatable bonds is 10. The van der Waals surface area contributed by atoms with E-state index in [0.29, 0.717) is 101 Å². The SMILES string of the molecule is O=C1CCC(Nc2ccc(N3CCC(O)(CC(=O)N4CCC(n5cc(C6(N7CCN(C(=O)c8cccnc8)CC7)C=CC(c7cn[nH]c7)=CN6)cn5)CC4)CC3)c(F)c2)C(=O)N1. The third kappa shape index (κ3) is 8.43. The number of aromatic nitrogens is 5. The summed E-state index contributed by atoms with van der Waals surface area (Å²) in [5, 5.41) is 32.4. The second-order valence-electron chi connectivity index (χ2n) is 16.9. The number of dihydropyridines is 1. The van der Waals surface area contributed by atoms with Gasteiger partial charge < -0.3 is 30.4 Å². The van der Waals surface area contributed by atoms with Gasteiger partial charge in [-0.3, -0.25) is 44.2 Å². The Hall–Kier alpha value is -6.40. The largest absolute Gasteiger partial charge is 0.389 e. The Morgan fingerprint density at radius 1 is 0.952 bits per heavy atom. The number of hydrogen-bond donors (Lipinski definition) is 5. The summed E-state index contributed by atoms with van der Waals surface area (Å²) in [6.45, 7) is 4.21. The lowest BCUT2D eigenvalue weighted by Gasteiger charge is -2.47. The smallest absolute Gasteiger partial charge is 0.255 e. The highest BCUT2D eigenvalue weighted by Crippen LogP contribution is 2.36. The maximum Gasteiger partial charge on any atom is 0.255 e.